The van der Waals surface area contributed by atoms with Gasteiger partial charge >= 0.3 is 0 Å². The fourth-order valence-electron chi connectivity index (χ4n) is 3.68. The molecule has 7 nitrogen and oxygen atoms in total. The topological polar surface area (TPSA) is 81.8 Å². The second kappa shape index (κ2) is 7.52. The number of hydrogen-bond donors (Lipinski definition) is 0. The van der Waals surface area contributed by atoms with E-state index >= 15 is 0 Å². The number of aromatic nitrogens is 4. The van der Waals surface area contributed by atoms with Crippen LogP contribution in [0.5, 0.6) is 0 Å². The predicted octanol–water partition coefficient (Wildman–Crippen LogP) is 3.48. The molecule has 5 rings (SSSR count). The highest BCUT2D eigenvalue weighted by molar-refractivity contribution is 7.25. The maximum atomic E-state index is 9.72. The fourth-order valence-corrected chi connectivity index (χ4v) is 4.88. The fraction of sp³-hybridized carbons (Fsp3) is 0.250. The van der Waals surface area contributed by atoms with Crippen LogP contribution in [-0.4, -0.2) is 51.5 Å². The zero-order chi connectivity index (χ0) is 19.8. The molecule has 0 aliphatic carbocycles. The van der Waals surface area contributed by atoms with Gasteiger partial charge in [-0.05, 0) is 16.8 Å². The van der Waals surface area contributed by atoms with Crippen molar-refractivity contribution in [2.24, 2.45) is 0 Å². The molecule has 3 aromatic heterocycles. The number of benzene rings is 1. The van der Waals surface area contributed by atoms with Crippen LogP contribution in [0.4, 0.5) is 5.82 Å². The van der Waals surface area contributed by atoms with Crippen LogP contribution in [0.3, 0.4) is 0 Å². The van der Waals surface area contributed by atoms with Crippen molar-refractivity contribution in [2.45, 2.75) is 6.54 Å². The average molecular weight is 422 g/mol. The third kappa shape index (κ3) is 3.38. The van der Waals surface area contributed by atoms with Crippen molar-refractivity contribution in [3.8, 4) is 6.07 Å². The molecule has 0 saturated carbocycles. The van der Waals surface area contributed by atoms with Gasteiger partial charge in [0.1, 0.15) is 22.2 Å². The van der Waals surface area contributed by atoms with E-state index < -0.39 is 0 Å². The van der Waals surface area contributed by atoms with Gasteiger partial charge in [0.05, 0.1) is 10.3 Å². The Kier molecular flexibility index (Phi) is 4.72. The summed E-state index contributed by atoms with van der Waals surface area (Å²) in [6, 6.07) is 14.6. The van der Waals surface area contributed by atoms with Gasteiger partial charge in [0.2, 0.25) is 0 Å². The molecule has 0 N–H and O–H groups in total. The molecule has 1 saturated heterocycles. The second-order valence-electron chi connectivity index (χ2n) is 6.93. The van der Waals surface area contributed by atoms with Crippen LogP contribution in [0.25, 0.3) is 20.4 Å². The van der Waals surface area contributed by atoms with Gasteiger partial charge in [-0.25, -0.2) is 4.98 Å². The quantitative estimate of drug-likeness (QED) is 0.500. The summed E-state index contributed by atoms with van der Waals surface area (Å²) in [6.45, 7) is 4.44. The van der Waals surface area contributed by atoms with E-state index in [0.29, 0.717) is 16.2 Å². The van der Waals surface area contributed by atoms with Crippen molar-refractivity contribution in [1.82, 2.24) is 25.3 Å². The summed E-state index contributed by atoms with van der Waals surface area (Å²) in [5, 5.41) is 22.4. The maximum Gasteiger partial charge on any atom is 0.172 e. The standard InChI is InChI=1S/C20H16ClN7S/c21-18-17-16(24-26-25-18)15-10-14(11-22)19(23-20(15)29-17)28-8-6-27(7-9-28)12-13-4-2-1-3-5-13/h1-5,10H,6-9,12H2. The molecule has 4 aromatic rings. The Morgan fingerprint density at radius 3 is 2.66 bits per heavy atom. The van der Waals surface area contributed by atoms with Gasteiger partial charge in [-0.3, -0.25) is 4.90 Å². The van der Waals surface area contributed by atoms with Crippen molar-refractivity contribution in [3.05, 3.63) is 52.7 Å². The van der Waals surface area contributed by atoms with Crippen LogP contribution in [0.15, 0.2) is 36.4 Å². The zero-order valence-electron chi connectivity index (χ0n) is 15.4. The third-order valence-corrected chi connectivity index (χ3v) is 6.61. The first kappa shape index (κ1) is 18.2. The van der Waals surface area contributed by atoms with Crippen molar-refractivity contribution >= 4 is 49.2 Å². The maximum absolute atomic E-state index is 9.72. The molecule has 0 unspecified atom stereocenters. The number of thiophene rings is 1. The minimum Gasteiger partial charge on any atom is -0.353 e. The number of halogens is 1. The summed E-state index contributed by atoms with van der Waals surface area (Å²) >= 11 is 7.59. The van der Waals surface area contributed by atoms with E-state index in [1.54, 1.807) is 0 Å². The predicted molar refractivity (Wildman–Crippen MR) is 114 cm³/mol. The average Bonchev–Trinajstić information content (AvgIpc) is 3.13. The summed E-state index contributed by atoms with van der Waals surface area (Å²) in [5.74, 6) is 0.725. The van der Waals surface area contributed by atoms with Crippen molar-refractivity contribution in [2.75, 3.05) is 31.1 Å². The molecule has 29 heavy (non-hydrogen) atoms. The van der Waals surface area contributed by atoms with Crippen molar-refractivity contribution in [3.63, 3.8) is 0 Å². The van der Waals surface area contributed by atoms with Crippen molar-refractivity contribution < 1.29 is 0 Å². The molecule has 4 heterocycles. The molecule has 0 bridgehead atoms. The molecule has 0 amide bonds. The van der Waals surface area contributed by atoms with Gasteiger partial charge in [-0.1, -0.05) is 41.9 Å². The summed E-state index contributed by atoms with van der Waals surface area (Å²) < 4.78 is 0.748. The monoisotopic (exact) mass is 421 g/mol. The lowest BCUT2D eigenvalue weighted by Gasteiger charge is -2.35. The lowest BCUT2D eigenvalue weighted by Crippen LogP contribution is -2.46. The molecule has 0 radical (unpaired) electrons. The van der Waals surface area contributed by atoms with Crippen LogP contribution in [0, 0.1) is 11.3 Å². The lowest BCUT2D eigenvalue weighted by atomic mass is 10.1. The number of hydrogen-bond acceptors (Lipinski definition) is 8. The van der Waals surface area contributed by atoms with Crippen LogP contribution >= 0.6 is 22.9 Å². The first-order valence-corrected chi connectivity index (χ1v) is 10.5. The number of nitrogens with zero attached hydrogens (tertiary/aromatic N) is 7. The van der Waals surface area contributed by atoms with E-state index in [9.17, 15) is 5.26 Å². The molecule has 1 fully saturated rings. The second-order valence-corrected chi connectivity index (χ2v) is 8.29. The smallest absolute Gasteiger partial charge is 0.172 e. The minimum atomic E-state index is 0.313. The van der Waals surface area contributed by atoms with Gasteiger partial charge in [0.15, 0.2) is 5.15 Å². The summed E-state index contributed by atoms with van der Waals surface area (Å²) in [5.41, 5.74) is 2.51. The van der Waals surface area contributed by atoms with E-state index in [1.807, 2.05) is 12.1 Å². The van der Waals surface area contributed by atoms with E-state index in [4.69, 9.17) is 16.6 Å². The van der Waals surface area contributed by atoms with Gasteiger partial charge in [-0.15, -0.1) is 21.5 Å². The first-order valence-electron chi connectivity index (χ1n) is 9.26. The number of fused-ring (bicyclic) bond motifs is 3. The SMILES string of the molecule is N#Cc1cc2c(nc1N1CCN(Cc3ccccc3)CC1)sc1c(Cl)nnnc12. The van der Waals surface area contributed by atoms with E-state index in [2.05, 4.69) is 55.5 Å². The molecular formula is C20H16ClN7S. The summed E-state index contributed by atoms with van der Waals surface area (Å²) in [7, 11) is 0. The molecule has 144 valence electrons. The first-order chi connectivity index (χ1) is 14.2. The molecule has 1 aliphatic rings. The normalized spacial score (nSPS) is 15.1. The highest BCUT2D eigenvalue weighted by Crippen LogP contribution is 2.36. The van der Waals surface area contributed by atoms with Gasteiger partial charge in [0.25, 0.3) is 0 Å². The summed E-state index contributed by atoms with van der Waals surface area (Å²) in [6.07, 6.45) is 0. The zero-order valence-corrected chi connectivity index (χ0v) is 17.0. The van der Waals surface area contributed by atoms with E-state index in [-0.39, 0.29) is 0 Å². The number of nitriles is 1. The molecule has 0 spiro atoms. The number of rotatable bonds is 3. The molecule has 1 aromatic carbocycles. The Morgan fingerprint density at radius 1 is 1.10 bits per heavy atom. The number of anilines is 1. The highest BCUT2D eigenvalue weighted by atomic mass is 35.5. The van der Waals surface area contributed by atoms with Crippen LogP contribution in [0.2, 0.25) is 5.15 Å². The van der Waals surface area contributed by atoms with Crippen LogP contribution in [0.1, 0.15) is 11.1 Å². The molecular weight excluding hydrogens is 406 g/mol. The van der Waals surface area contributed by atoms with Gasteiger partial charge in [-0.2, -0.15) is 5.26 Å². The Bertz CT molecular complexity index is 1230. The Morgan fingerprint density at radius 2 is 1.90 bits per heavy atom. The van der Waals surface area contributed by atoms with E-state index in [1.165, 1.54) is 16.9 Å². The number of pyridine rings is 1. The lowest BCUT2D eigenvalue weighted by molar-refractivity contribution is 0.249. The molecule has 1 aliphatic heterocycles. The molecule has 9 heteroatoms. The number of piperazine rings is 1. The van der Waals surface area contributed by atoms with Crippen LogP contribution in [-0.2, 0) is 6.54 Å². The summed E-state index contributed by atoms with van der Waals surface area (Å²) in [4.78, 5) is 10.2. The Hall–Kier alpha value is -2.86. The van der Waals surface area contributed by atoms with Crippen LogP contribution < -0.4 is 4.90 Å². The third-order valence-electron chi connectivity index (χ3n) is 5.14. The van der Waals surface area contributed by atoms with Crippen molar-refractivity contribution in [1.29, 1.82) is 5.26 Å². The highest BCUT2D eigenvalue weighted by Gasteiger charge is 2.23. The van der Waals surface area contributed by atoms with Gasteiger partial charge < -0.3 is 4.90 Å². The largest absolute Gasteiger partial charge is 0.353 e. The Balaban J connectivity index is 1.42. The van der Waals surface area contributed by atoms with Gasteiger partial charge in [0, 0.05) is 38.1 Å². The Labute approximate surface area is 176 Å². The van der Waals surface area contributed by atoms with E-state index in [0.717, 1.165) is 53.5 Å². The minimum absolute atomic E-state index is 0.313. The molecule has 0 atom stereocenters.